The molecule has 3 rings (SSSR count). The number of anilines is 1. The summed E-state index contributed by atoms with van der Waals surface area (Å²) in [6, 6.07) is 18.9. The van der Waals surface area contributed by atoms with Crippen molar-refractivity contribution in [3.63, 3.8) is 0 Å². The van der Waals surface area contributed by atoms with Gasteiger partial charge in [-0.15, -0.1) is 0 Å². The van der Waals surface area contributed by atoms with Gasteiger partial charge in [-0.2, -0.15) is 0 Å². The van der Waals surface area contributed by atoms with Crippen LogP contribution in [0, 0.1) is 0 Å². The molecular weight excluding hydrogens is 246 g/mol. The molecule has 0 spiro atoms. The third-order valence-electron chi connectivity index (χ3n) is 3.42. The second-order valence-electron chi connectivity index (χ2n) is 4.67. The Balaban J connectivity index is 1.86. The highest BCUT2D eigenvalue weighted by Crippen LogP contribution is 2.25. The van der Waals surface area contributed by atoms with Crippen molar-refractivity contribution in [2.45, 2.75) is 6.23 Å². The van der Waals surface area contributed by atoms with E-state index in [9.17, 15) is 0 Å². The summed E-state index contributed by atoms with van der Waals surface area (Å²) < 4.78 is 5.46. The summed E-state index contributed by atoms with van der Waals surface area (Å²) in [7, 11) is 1.72. The van der Waals surface area contributed by atoms with Crippen LogP contribution >= 0.6 is 0 Å². The van der Waals surface area contributed by atoms with Crippen LogP contribution in [0.2, 0.25) is 0 Å². The molecule has 1 aliphatic heterocycles. The fourth-order valence-corrected chi connectivity index (χ4v) is 2.36. The van der Waals surface area contributed by atoms with Crippen molar-refractivity contribution in [1.82, 2.24) is 0 Å². The molecule has 1 heterocycles. The summed E-state index contributed by atoms with van der Waals surface area (Å²) >= 11 is 0. The van der Waals surface area contributed by atoms with Gasteiger partial charge in [0, 0.05) is 19.0 Å². The quantitative estimate of drug-likeness (QED) is 0.822. The van der Waals surface area contributed by atoms with Crippen LogP contribution in [0.25, 0.3) is 11.1 Å². The fourth-order valence-electron chi connectivity index (χ4n) is 2.36. The van der Waals surface area contributed by atoms with Crippen LogP contribution in [0.1, 0.15) is 0 Å². The average Bonchev–Trinajstić information content (AvgIpc) is 2.56. The second kappa shape index (κ2) is 5.76. The minimum atomic E-state index is -0.0393. The van der Waals surface area contributed by atoms with Crippen LogP contribution in [0.4, 0.5) is 5.69 Å². The van der Waals surface area contributed by atoms with Gasteiger partial charge >= 0.3 is 0 Å². The van der Waals surface area contributed by atoms with Crippen LogP contribution in [-0.2, 0) is 4.74 Å². The van der Waals surface area contributed by atoms with E-state index in [1.54, 1.807) is 7.11 Å². The van der Waals surface area contributed by atoms with Gasteiger partial charge in [0.25, 0.3) is 0 Å². The van der Waals surface area contributed by atoms with E-state index in [4.69, 9.17) is 4.74 Å². The number of hydrogen-bond acceptors (Lipinski definition) is 2. The van der Waals surface area contributed by atoms with Crippen molar-refractivity contribution in [1.29, 1.82) is 0 Å². The third kappa shape index (κ3) is 2.51. The second-order valence-corrected chi connectivity index (χ2v) is 4.67. The minimum absolute atomic E-state index is 0.0393. The number of rotatable bonds is 3. The van der Waals surface area contributed by atoms with Crippen molar-refractivity contribution < 1.29 is 4.74 Å². The van der Waals surface area contributed by atoms with Gasteiger partial charge < -0.3 is 9.64 Å². The lowest BCUT2D eigenvalue weighted by atomic mass is 10.1. The lowest BCUT2D eigenvalue weighted by molar-refractivity contribution is 0.144. The molecule has 2 nitrogen and oxygen atoms in total. The normalized spacial score (nSPS) is 17.4. The predicted octanol–water partition coefficient (Wildman–Crippen LogP) is 4.22. The Morgan fingerprint density at radius 1 is 0.850 bits per heavy atom. The van der Waals surface area contributed by atoms with E-state index in [1.807, 2.05) is 30.5 Å². The zero-order chi connectivity index (χ0) is 13.8. The molecule has 0 aliphatic carbocycles. The topological polar surface area (TPSA) is 12.5 Å². The largest absolute Gasteiger partial charge is 0.358 e. The molecule has 0 radical (unpaired) electrons. The summed E-state index contributed by atoms with van der Waals surface area (Å²) in [6.45, 7) is 0. The van der Waals surface area contributed by atoms with E-state index >= 15 is 0 Å². The molecule has 1 aliphatic rings. The summed E-state index contributed by atoms with van der Waals surface area (Å²) in [4.78, 5) is 2.11. The first-order valence-corrected chi connectivity index (χ1v) is 6.70. The van der Waals surface area contributed by atoms with Gasteiger partial charge in [-0.3, -0.25) is 0 Å². The maximum Gasteiger partial charge on any atom is 0.153 e. The number of allylic oxidation sites excluding steroid dienone is 2. The van der Waals surface area contributed by atoms with Crippen molar-refractivity contribution in [2.24, 2.45) is 0 Å². The zero-order valence-corrected chi connectivity index (χ0v) is 11.4. The number of benzene rings is 2. The SMILES string of the molecule is COC1C=CC=CN1c1ccc(-c2ccccc2)cc1. The van der Waals surface area contributed by atoms with Gasteiger partial charge in [-0.1, -0.05) is 48.5 Å². The molecular formula is C18H17NO. The van der Waals surface area contributed by atoms with Crippen molar-refractivity contribution in [2.75, 3.05) is 12.0 Å². The standard InChI is InChI=1S/C18H17NO/c1-20-18-9-5-6-14-19(18)17-12-10-16(11-13-17)15-7-3-2-4-8-15/h2-14,18H,1H3. The average molecular weight is 263 g/mol. The molecule has 0 saturated heterocycles. The van der Waals surface area contributed by atoms with Crippen molar-refractivity contribution >= 4 is 5.69 Å². The number of methoxy groups -OCH3 is 1. The Hall–Kier alpha value is -2.32. The van der Waals surface area contributed by atoms with Gasteiger partial charge in [0.2, 0.25) is 0 Å². The molecule has 1 unspecified atom stereocenters. The van der Waals surface area contributed by atoms with E-state index < -0.39 is 0 Å². The van der Waals surface area contributed by atoms with Crippen LogP contribution in [0.15, 0.2) is 79.0 Å². The predicted molar refractivity (Wildman–Crippen MR) is 83.4 cm³/mol. The molecule has 1 atom stereocenters. The maximum absolute atomic E-state index is 5.46. The first kappa shape index (κ1) is 12.7. The molecule has 0 aromatic heterocycles. The van der Waals surface area contributed by atoms with E-state index in [-0.39, 0.29) is 6.23 Å². The van der Waals surface area contributed by atoms with E-state index in [1.165, 1.54) is 11.1 Å². The smallest absolute Gasteiger partial charge is 0.153 e. The van der Waals surface area contributed by atoms with E-state index in [0.29, 0.717) is 0 Å². The monoisotopic (exact) mass is 263 g/mol. The highest BCUT2D eigenvalue weighted by molar-refractivity contribution is 5.67. The van der Waals surface area contributed by atoms with Crippen LogP contribution < -0.4 is 4.90 Å². The highest BCUT2D eigenvalue weighted by atomic mass is 16.5. The first-order valence-electron chi connectivity index (χ1n) is 6.70. The van der Waals surface area contributed by atoms with Crippen LogP contribution in [0.5, 0.6) is 0 Å². The Kier molecular flexibility index (Phi) is 3.66. The summed E-state index contributed by atoms with van der Waals surface area (Å²) in [5, 5.41) is 0. The molecule has 0 saturated carbocycles. The minimum Gasteiger partial charge on any atom is -0.358 e. The molecule has 0 fully saturated rings. The molecule has 0 bridgehead atoms. The summed E-state index contributed by atoms with van der Waals surface area (Å²) in [5.74, 6) is 0. The Morgan fingerprint density at radius 3 is 2.25 bits per heavy atom. The highest BCUT2D eigenvalue weighted by Gasteiger charge is 2.15. The summed E-state index contributed by atoms with van der Waals surface area (Å²) in [6.07, 6.45) is 8.04. The van der Waals surface area contributed by atoms with Crippen LogP contribution in [0.3, 0.4) is 0 Å². The van der Waals surface area contributed by atoms with E-state index in [0.717, 1.165) is 5.69 Å². The Labute approximate surface area is 119 Å². The first-order chi connectivity index (χ1) is 9.88. The van der Waals surface area contributed by atoms with Gasteiger partial charge in [-0.25, -0.2) is 0 Å². The lowest BCUT2D eigenvalue weighted by Crippen LogP contribution is -2.31. The van der Waals surface area contributed by atoms with Crippen molar-refractivity contribution in [3.8, 4) is 11.1 Å². The van der Waals surface area contributed by atoms with Gasteiger partial charge in [0.15, 0.2) is 6.23 Å². The number of hydrogen-bond donors (Lipinski definition) is 0. The fraction of sp³-hybridized carbons (Fsp3) is 0.111. The van der Waals surface area contributed by atoms with Crippen LogP contribution in [-0.4, -0.2) is 13.3 Å². The molecule has 0 N–H and O–H groups in total. The summed E-state index contributed by atoms with van der Waals surface area (Å²) in [5.41, 5.74) is 3.58. The maximum atomic E-state index is 5.46. The Bertz CT molecular complexity index is 614. The van der Waals surface area contributed by atoms with Gasteiger partial charge in [-0.05, 0) is 35.4 Å². The number of nitrogens with zero attached hydrogens (tertiary/aromatic N) is 1. The van der Waals surface area contributed by atoms with Crippen molar-refractivity contribution in [3.05, 3.63) is 79.0 Å². The zero-order valence-electron chi connectivity index (χ0n) is 11.4. The lowest BCUT2D eigenvalue weighted by Gasteiger charge is -2.29. The van der Waals surface area contributed by atoms with Gasteiger partial charge in [0.1, 0.15) is 0 Å². The molecule has 20 heavy (non-hydrogen) atoms. The molecule has 100 valence electrons. The molecule has 2 heteroatoms. The molecule has 2 aromatic carbocycles. The Morgan fingerprint density at radius 2 is 1.55 bits per heavy atom. The third-order valence-corrected chi connectivity index (χ3v) is 3.42. The number of ether oxygens (including phenoxy) is 1. The van der Waals surface area contributed by atoms with E-state index in [2.05, 4.69) is 53.4 Å². The molecule has 2 aromatic rings. The van der Waals surface area contributed by atoms with Gasteiger partial charge in [0.05, 0.1) is 0 Å². The molecule has 0 amide bonds.